The molecule has 0 aromatic carbocycles. The number of hydrogen-bond donors (Lipinski definition) is 1. The molecule has 0 aliphatic carbocycles. The molecular formula is C6H8BrN3O. The summed E-state index contributed by atoms with van der Waals surface area (Å²) < 4.78 is 8.04. The van der Waals surface area contributed by atoms with Gasteiger partial charge in [-0.1, -0.05) is 0 Å². The third-order valence-corrected chi connectivity index (χ3v) is 1.92. The first-order valence-electron chi connectivity index (χ1n) is 3.41. The molecule has 2 heterocycles. The predicted molar refractivity (Wildman–Crippen MR) is 42.9 cm³/mol. The molecule has 1 N–H and O–H groups in total. The van der Waals surface area contributed by atoms with E-state index in [1.807, 2.05) is 6.20 Å². The van der Waals surface area contributed by atoms with Crippen LogP contribution in [0.15, 0.2) is 16.9 Å². The van der Waals surface area contributed by atoms with Crippen LogP contribution in [0.4, 0.5) is 0 Å². The Kier molecular flexibility index (Phi) is 1.93. The van der Waals surface area contributed by atoms with E-state index >= 15 is 0 Å². The van der Waals surface area contributed by atoms with E-state index in [2.05, 4.69) is 26.3 Å². The molecule has 4 nitrogen and oxygen atoms in total. The summed E-state index contributed by atoms with van der Waals surface area (Å²) in [4.78, 5) is 0. The van der Waals surface area contributed by atoms with Crippen molar-refractivity contribution in [2.75, 3.05) is 13.2 Å². The van der Waals surface area contributed by atoms with Gasteiger partial charge >= 0.3 is 0 Å². The number of halogens is 1. The lowest BCUT2D eigenvalue weighted by Crippen LogP contribution is -2.21. The number of nitrogens with zero attached hydrogens (tertiary/aromatic N) is 2. The van der Waals surface area contributed by atoms with E-state index in [4.69, 9.17) is 4.74 Å². The van der Waals surface area contributed by atoms with Gasteiger partial charge in [0.1, 0.15) is 0 Å². The van der Waals surface area contributed by atoms with Gasteiger partial charge in [-0.15, -0.1) is 0 Å². The van der Waals surface area contributed by atoms with Crippen LogP contribution < -0.4 is 5.32 Å². The number of rotatable bonds is 1. The van der Waals surface area contributed by atoms with E-state index in [9.17, 15) is 0 Å². The summed E-state index contributed by atoms with van der Waals surface area (Å²) in [6, 6.07) is 0. The summed E-state index contributed by atoms with van der Waals surface area (Å²) >= 11 is 3.31. The maximum Gasteiger partial charge on any atom is 0.206 e. The van der Waals surface area contributed by atoms with E-state index in [1.165, 1.54) is 0 Å². The minimum absolute atomic E-state index is 0.0821. The fourth-order valence-electron chi connectivity index (χ4n) is 1.02. The predicted octanol–water partition coefficient (Wildman–Crippen LogP) is 0.721. The van der Waals surface area contributed by atoms with Crippen molar-refractivity contribution in [2.45, 2.75) is 6.35 Å². The molecule has 1 aromatic heterocycles. The smallest absolute Gasteiger partial charge is 0.206 e. The molecule has 0 saturated carbocycles. The lowest BCUT2D eigenvalue weighted by atomic mass is 10.7. The molecular weight excluding hydrogens is 210 g/mol. The van der Waals surface area contributed by atoms with Crippen molar-refractivity contribution in [3.05, 3.63) is 16.9 Å². The molecule has 1 saturated heterocycles. The van der Waals surface area contributed by atoms with E-state index < -0.39 is 0 Å². The van der Waals surface area contributed by atoms with Crippen LogP contribution >= 0.6 is 15.9 Å². The second kappa shape index (κ2) is 2.92. The van der Waals surface area contributed by atoms with Crippen LogP contribution in [0, 0.1) is 0 Å². The van der Waals surface area contributed by atoms with Crippen LogP contribution in [0.2, 0.25) is 0 Å². The SMILES string of the molecule is Brc1cnn(C2NCCO2)c1. The van der Waals surface area contributed by atoms with Gasteiger partial charge in [0.15, 0.2) is 0 Å². The zero-order valence-electron chi connectivity index (χ0n) is 5.83. The molecule has 60 valence electrons. The molecule has 0 spiro atoms. The number of nitrogens with one attached hydrogen (secondary N) is 1. The van der Waals surface area contributed by atoms with Crippen molar-refractivity contribution in [1.29, 1.82) is 0 Å². The van der Waals surface area contributed by atoms with Crippen LogP contribution in [0.5, 0.6) is 0 Å². The number of aromatic nitrogens is 2. The number of hydrogen-bond acceptors (Lipinski definition) is 3. The highest BCUT2D eigenvalue weighted by molar-refractivity contribution is 9.10. The first kappa shape index (κ1) is 7.27. The number of ether oxygens (including phenoxy) is 1. The normalized spacial score (nSPS) is 24.3. The highest BCUT2D eigenvalue weighted by atomic mass is 79.9. The van der Waals surface area contributed by atoms with E-state index in [-0.39, 0.29) is 6.35 Å². The summed E-state index contributed by atoms with van der Waals surface area (Å²) in [6.45, 7) is 1.64. The Morgan fingerprint density at radius 3 is 3.27 bits per heavy atom. The van der Waals surface area contributed by atoms with Crippen LogP contribution in [-0.2, 0) is 4.74 Å². The Hall–Kier alpha value is -0.390. The van der Waals surface area contributed by atoms with Crippen LogP contribution in [0.25, 0.3) is 0 Å². The lowest BCUT2D eigenvalue weighted by Gasteiger charge is -2.08. The molecule has 5 heteroatoms. The van der Waals surface area contributed by atoms with E-state index in [0.717, 1.165) is 17.6 Å². The van der Waals surface area contributed by atoms with Gasteiger partial charge in [0.25, 0.3) is 0 Å². The summed E-state index contributed by atoms with van der Waals surface area (Å²) in [5, 5.41) is 7.22. The van der Waals surface area contributed by atoms with Crippen molar-refractivity contribution < 1.29 is 4.74 Å². The largest absolute Gasteiger partial charge is 0.342 e. The van der Waals surface area contributed by atoms with Crippen LogP contribution in [0.1, 0.15) is 6.35 Å². The molecule has 1 fully saturated rings. The molecule has 1 aromatic rings. The third-order valence-electron chi connectivity index (χ3n) is 1.51. The monoisotopic (exact) mass is 217 g/mol. The lowest BCUT2D eigenvalue weighted by molar-refractivity contribution is 0.0343. The Labute approximate surface area is 72.7 Å². The fraction of sp³-hybridized carbons (Fsp3) is 0.500. The average molecular weight is 218 g/mol. The topological polar surface area (TPSA) is 39.1 Å². The van der Waals surface area contributed by atoms with Gasteiger partial charge in [0.2, 0.25) is 6.35 Å². The van der Waals surface area contributed by atoms with Gasteiger partial charge in [0.05, 0.1) is 17.3 Å². The van der Waals surface area contributed by atoms with Crippen LogP contribution in [-0.4, -0.2) is 22.9 Å². The molecule has 0 radical (unpaired) electrons. The van der Waals surface area contributed by atoms with Crippen molar-refractivity contribution in [1.82, 2.24) is 15.1 Å². The molecule has 1 unspecified atom stereocenters. The summed E-state index contributed by atoms with van der Waals surface area (Å²) in [7, 11) is 0. The van der Waals surface area contributed by atoms with E-state index in [1.54, 1.807) is 10.9 Å². The molecule has 0 amide bonds. The summed E-state index contributed by atoms with van der Waals surface area (Å²) in [5.74, 6) is 0. The van der Waals surface area contributed by atoms with Gasteiger partial charge in [-0.05, 0) is 15.9 Å². The average Bonchev–Trinajstić information content (AvgIpc) is 2.55. The summed E-state index contributed by atoms with van der Waals surface area (Å²) in [5.41, 5.74) is 0. The van der Waals surface area contributed by atoms with Gasteiger partial charge in [-0.25, -0.2) is 4.68 Å². The minimum atomic E-state index is -0.0821. The first-order chi connectivity index (χ1) is 5.36. The maximum atomic E-state index is 5.32. The van der Waals surface area contributed by atoms with Crippen molar-refractivity contribution >= 4 is 15.9 Å². The van der Waals surface area contributed by atoms with Crippen molar-refractivity contribution in [3.8, 4) is 0 Å². The Morgan fingerprint density at radius 1 is 1.82 bits per heavy atom. The van der Waals surface area contributed by atoms with Crippen molar-refractivity contribution in [3.63, 3.8) is 0 Å². The minimum Gasteiger partial charge on any atom is -0.342 e. The Balaban J connectivity index is 2.15. The van der Waals surface area contributed by atoms with Gasteiger partial charge in [-0.2, -0.15) is 5.10 Å². The fourth-order valence-corrected chi connectivity index (χ4v) is 1.33. The Morgan fingerprint density at radius 2 is 2.73 bits per heavy atom. The Bertz CT molecular complexity index is 244. The summed E-state index contributed by atoms with van der Waals surface area (Å²) in [6.07, 6.45) is 3.54. The maximum absolute atomic E-state index is 5.32. The molecule has 1 aliphatic rings. The van der Waals surface area contributed by atoms with Gasteiger partial charge in [0, 0.05) is 12.7 Å². The van der Waals surface area contributed by atoms with E-state index in [0.29, 0.717) is 0 Å². The third kappa shape index (κ3) is 1.45. The highest BCUT2D eigenvalue weighted by Gasteiger charge is 2.16. The molecule has 2 rings (SSSR count). The zero-order valence-corrected chi connectivity index (χ0v) is 7.41. The van der Waals surface area contributed by atoms with Gasteiger partial charge in [-0.3, -0.25) is 5.32 Å². The van der Waals surface area contributed by atoms with Gasteiger partial charge < -0.3 is 4.74 Å². The molecule has 0 bridgehead atoms. The molecule has 1 atom stereocenters. The standard InChI is InChI=1S/C6H8BrN3O/c7-5-3-9-10(4-5)6-8-1-2-11-6/h3-4,6,8H,1-2H2. The molecule has 1 aliphatic heterocycles. The highest BCUT2D eigenvalue weighted by Crippen LogP contribution is 2.12. The van der Waals surface area contributed by atoms with Crippen LogP contribution in [0.3, 0.4) is 0 Å². The second-order valence-electron chi connectivity index (χ2n) is 2.32. The zero-order chi connectivity index (χ0) is 7.68. The molecule has 11 heavy (non-hydrogen) atoms. The second-order valence-corrected chi connectivity index (χ2v) is 3.23. The quantitative estimate of drug-likeness (QED) is 0.754. The van der Waals surface area contributed by atoms with Crippen molar-refractivity contribution in [2.24, 2.45) is 0 Å². The first-order valence-corrected chi connectivity index (χ1v) is 4.20.